The average Bonchev–Trinajstić information content (AvgIpc) is 2.26. The van der Waals surface area contributed by atoms with Gasteiger partial charge in [0, 0.05) is 25.7 Å². The van der Waals surface area contributed by atoms with E-state index in [-0.39, 0.29) is 10.9 Å². The number of halogens is 1. The van der Waals surface area contributed by atoms with E-state index in [9.17, 15) is 12.8 Å². The molecule has 0 aliphatic carbocycles. The summed E-state index contributed by atoms with van der Waals surface area (Å²) >= 11 is 0. The van der Waals surface area contributed by atoms with Gasteiger partial charge in [0.1, 0.15) is 5.82 Å². The summed E-state index contributed by atoms with van der Waals surface area (Å²) < 4.78 is 40.1. The Morgan fingerprint density at radius 3 is 2.42 bits per heavy atom. The van der Waals surface area contributed by atoms with Crippen LogP contribution < -0.4 is 5.32 Å². The summed E-state index contributed by atoms with van der Waals surface area (Å²) in [5.74, 6) is -0.400. The molecule has 1 fully saturated rings. The molecule has 106 valence electrons. The fourth-order valence-corrected chi connectivity index (χ4v) is 4.49. The van der Waals surface area contributed by atoms with Gasteiger partial charge in [0.05, 0.1) is 4.90 Å². The SMILES string of the molecule is Cc1cc(F)cc(C)c1S(=O)(=O)N1CCNC(C)C1. The summed E-state index contributed by atoms with van der Waals surface area (Å²) in [6, 6.07) is 2.67. The Labute approximate surface area is 113 Å². The van der Waals surface area contributed by atoms with Gasteiger partial charge < -0.3 is 5.32 Å². The van der Waals surface area contributed by atoms with Gasteiger partial charge in [-0.1, -0.05) is 0 Å². The molecule has 19 heavy (non-hydrogen) atoms. The fourth-order valence-electron chi connectivity index (χ4n) is 2.55. The Morgan fingerprint density at radius 2 is 1.89 bits per heavy atom. The van der Waals surface area contributed by atoms with E-state index in [1.54, 1.807) is 13.8 Å². The number of aryl methyl sites for hydroxylation is 2. The highest BCUT2D eigenvalue weighted by atomic mass is 32.2. The quantitative estimate of drug-likeness (QED) is 0.894. The lowest BCUT2D eigenvalue weighted by atomic mass is 10.1. The maximum absolute atomic E-state index is 13.3. The van der Waals surface area contributed by atoms with Gasteiger partial charge in [0.15, 0.2) is 0 Å². The smallest absolute Gasteiger partial charge is 0.243 e. The minimum Gasteiger partial charge on any atom is -0.312 e. The van der Waals surface area contributed by atoms with E-state index in [4.69, 9.17) is 0 Å². The van der Waals surface area contributed by atoms with Crippen molar-refractivity contribution < 1.29 is 12.8 Å². The monoisotopic (exact) mass is 286 g/mol. The number of nitrogens with zero attached hydrogens (tertiary/aromatic N) is 1. The van der Waals surface area contributed by atoms with Gasteiger partial charge in [-0.3, -0.25) is 0 Å². The normalized spacial score (nSPS) is 21.6. The summed E-state index contributed by atoms with van der Waals surface area (Å²) in [4.78, 5) is 0.239. The molecule has 2 rings (SSSR count). The highest BCUT2D eigenvalue weighted by Crippen LogP contribution is 2.25. The van der Waals surface area contributed by atoms with Crippen LogP contribution in [0.25, 0.3) is 0 Å². The molecule has 1 saturated heterocycles. The van der Waals surface area contributed by atoms with Crippen molar-refractivity contribution in [2.24, 2.45) is 0 Å². The summed E-state index contributed by atoms with van der Waals surface area (Å²) in [6.07, 6.45) is 0. The Balaban J connectivity index is 2.45. The van der Waals surface area contributed by atoms with Gasteiger partial charge in [-0.2, -0.15) is 4.31 Å². The number of rotatable bonds is 2. The molecule has 0 amide bonds. The lowest BCUT2D eigenvalue weighted by Crippen LogP contribution is -2.51. The molecule has 1 heterocycles. The first-order chi connectivity index (χ1) is 8.82. The molecular weight excluding hydrogens is 267 g/mol. The summed E-state index contributed by atoms with van der Waals surface area (Å²) in [7, 11) is -3.55. The Morgan fingerprint density at radius 1 is 1.32 bits per heavy atom. The van der Waals surface area contributed by atoms with Gasteiger partial charge in [0.25, 0.3) is 0 Å². The molecule has 1 N–H and O–H groups in total. The number of hydrogen-bond acceptors (Lipinski definition) is 3. The van der Waals surface area contributed by atoms with Crippen molar-refractivity contribution in [1.29, 1.82) is 0 Å². The zero-order valence-electron chi connectivity index (χ0n) is 11.4. The maximum atomic E-state index is 13.3. The van der Waals surface area contributed by atoms with Crippen LogP contribution in [0.3, 0.4) is 0 Å². The van der Waals surface area contributed by atoms with E-state index in [0.29, 0.717) is 30.8 Å². The van der Waals surface area contributed by atoms with Crippen molar-refractivity contribution in [1.82, 2.24) is 9.62 Å². The van der Waals surface area contributed by atoms with Crippen molar-refractivity contribution in [3.05, 3.63) is 29.1 Å². The third-order valence-electron chi connectivity index (χ3n) is 3.35. The molecule has 0 bridgehead atoms. The predicted octanol–water partition coefficient (Wildman–Crippen LogP) is 1.42. The minimum absolute atomic E-state index is 0.129. The second-order valence-corrected chi connectivity index (χ2v) is 6.96. The van der Waals surface area contributed by atoms with Crippen LogP contribution in [-0.2, 0) is 10.0 Å². The predicted molar refractivity (Wildman–Crippen MR) is 72.1 cm³/mol. The average molecular weight is 286 g/mol. The van der Waals surface area contributed by atoms with E-state index in [1.807, 2.05) is 6.92 Å². The number of nitrogens with one attached hydrogen (secondary N) is 1. The van der Waals surface area contributed by atoms with Crippen LogP contribution in [0.5, 0.6) is 0 Å². The van der Waals surface area contributed by atoms with E-state index < -0.39 is 15.8 Å². The van der Waals surface area contributed by atoms with Crippen molar-refractivity contribution >= 4 is 10.0 Å². The summed E-state index contributed by atoms with van der Waals surface area (Å²) in [5.41, 5.74) is 0.923. The Hall–Kier alpha value is -0.980. The molecule has 0 aromatic heterocycles. The fraction of sp³-hybridized carbons (Fsp3) is 0.538. The molecule has 1 aromatic rings. The molecule has 1 aromatic carbocycles. The topological polar surface area (TPSA) is 49.4 Å². The Kier molecular flexibility index (Phi) is 3.94. The van der Waals surface area contributed by atoms with Gasteiger partial charge in [0.2, 0.25) is 10.0 Å². The zero-order chi connectivity index (χ0) is 14.2. The molecule has 0 spiro atoms. The van der Waals surface area contributed by atoms with Crippen LogP contribution in [0.15, 0.2) is 17.0 Å². The molecular formula is C13H19FN2O2S. The number of piperazine rings is 1. The minimum atomic E-state index is -3.55. The molecule has 4 nitrogen and oxygen atoms in total. The molecule has 1 atom stereocenters. The van der Waals surface area contributed by atoms with Gasteiger partial charge in [-0.05, 0) is 44.0 Å². The number of benzene rings is 1. The first-order valence-electron chi connectivity index (χ1n) is 6.32. The molecule has 0 radical (unpaired) electrons. The standard InChI is InChI=1S/C13H19FN2O2S/c1-9-6-12(14)7-10(2)13(9)19(17,18)16-5-4-15-11(3)8-16/h6-7,11,15H,4-5,8H2,1-3H3. The van der Waals surface area contributed by atoms with Gasteiger partial charge in [-0.25, -0.2) is 12.8 Å². The highest BCUT2D eigenvalue weighted by molar-refractivity contribution is 7.89. The number of hydrogen-bond donors (Lipinski definition) is 1. The largest absolute Gasteiger partial charge is 0.312 e. The van der Waals surface area contributed by atoms with Crippen molar-refractivity contribution in [2.75, 3.05) is 19.6 Å². The molecule has 1 aliphatic rings. The van der Waals surface area contributed by atoms with Crippen LogP contribution in [0.4, 0.5) is 4.39 Å². The zero-order valence-corrected chi connectivity index (χ0v) is 12.2. The van der Waals surface area contributed by atoms with Crippen LogP contribution in [-0.4, -0.2) is 38.4 Å². The summed E-state index contributed by atoms with van der Waals surface area (Å²) in [6.45, 7) is 6.75. The van der Waals surface area contributed by atoms with Gasteiger partial charge >= 0.3 is 0 Å². The lowest BCUT2D eigenvalue weighted by Gasteiger charge is -2.31. The lowest BCUT2D eigenvalue weighted by molar-refractivity contribution is 0.310. The first-order valence-corrected chi connectivity index (χ1v) is 7.76. The molecule has 0 saturated carbocycles. The third kappa shape index (κ3) is 2.80. The van der Waals surface area contributed by atoms with E-state index in [2.05, 4.69) is 5.32 Å². The maximum Gasteiger partial charge on any atom is 0.243 e. The number of sulfonamides is 1. The van der Waals surface area contributed by atoms with Crippen LogP contribution >= 0.6 is 0 Å². The molecule has 1 unspecified atom stereocenters. The van der Waals surface area contributed by atoms with Crippen LogP contribution in [0, 0.1) is 19.7 Å². The molecule has 6 heteroatoms. The third-order valence-corrected chi connectivity index (χ3v) is 5.53. The first kappa shape index (κ1) is 14.4. The second-order valence-electron chi connectivity index (χ2n) is 5.09. The van der Waals surface area contributed by atoms with Crippen molar-refractivity contribution in [3.63, 3.8) is 0 Å². The van der Waals surface area contributed by atoms with E-state index in [0.717, 1.165) is 0 Å². The van der Waals surface area contributed by atoms with Crippen molar-refractivity contribution in [3.8, 4) is 0 Å². The van der Waals surface area contributed by atoms with Gasteiger partial charge in [-0.15, -0.1) is 0 Å². The Bertz CT molecular complexity index is 563. The van der Waals surface area contributed by atoms with E-state index >= 15 is 0 Å². The van der Waals surface area contributed by atoms with Crippen LogP contribution in [0.2, 0.25) is 0 Å². The van der Waals surface area contributed by atoms with Crippen molar-refractivity contribution in [2.45, 2.75) is 31.7 Å². The summed E-state index contributed by atoms with van der Waals surface area (Å²) in [5, 5.41) is 3.21. The van der Waals surface area contributed by atoms with E-state index in [1.165, 1.54) is 16.4 Å². The highest BCUT2D eigenvalue weighted by Gasteiger charge is 2.30. The molecule has 1 aliphatic heterocycles. The second kappa shape index (κ2) is 5.19. The van der Waals surface area contributed by atoms with Crippen LogP contribution in [0.1, 0.15) is 18.1 Å².